The lowest BCUT2D eigenvalue weighted by molar-refractivity contribution is -0.134. The second-order valence-corrected chi connectivity index (χ2v) is 7.65. The largest absolute Gasteiger partial charge is 0.494 e. The molecule has 2 rings (SSSR count). The molecule has 0 radical (unpaired) electrons. The third-order valence-corrected chi connectivity index (χ3v) is 4.26. The molecule has 0 aliphatic carbocycles. The van der Waals surface area contributed by atoms with Crippen molar-refractivity contribution in [3.63, 3.8) is 0 Å². The van der Waals surface area contributed by atoms with Crippen molar-refractivity contribution in [2.24, 2.45) is 11.3 Å². The summed E-state index contributed by atoms with van der Waals surface area (Å²) in [6.45, 7) is 8.66. The number of likely N-dealkylation sites (tertiary alicyclic amines) is 1. The van der Waals surface area contributed by atoms with E-state index in [0.29, 0.717) is 24.7 Å². The molecule has 0 atom stereocenters. The van der Waals surface area contributed by atoms with Gasteiger partial charge < -0.3 is 9.64 Å². The van der Waals surface area contributed by atoms with E-state index in [9.17, 15) is 9.18 Å². The van der Waals surface area contributed by atoms with Gasteiger partial charge in [-0.25, -0.2) is 4.39 Å². The maximum atomic E-state index is 12.8. The SMILES string of the molecule is CC(C)(C)CC(=O)N1CCC(CCOc2ccc(F)cc2)CC1. The molecule has 1 aliphatic heterocycles. The zero-order valence-corrected chi connectivity index (χ0v) is 14.5. The first-order chi connectivity index (χ1) is 10.8. The molecule has 3 nitrogen and oxygen atoms in total. The first kappa shape index (κ1) is 17.8. The van der Waals surface area contributed by atoms with E-state index >= 15 is 0 Å². The third-order valence-electron chi connectivity index (χ3n) is 4.26. The third kappa shape index (κ3) is 6.20. The molecule has 1 aliphatic rings. The Bertz CT molecular complexity index is 499. The van der Waals surface area contributed by atoms with E-state index in [1.807, 2.05) is 4.90 Å². The van der Waals surface area contributed by atoms with Gasteiger partial charge in [0.05, 0.1) is 6.61 Å². The number of carbonyl (C=O) groups is 1. The first-order valence-electron chi connectivity index (χ1n) is 8.50. The predicted octanol–water partition coefficient (Wildman–Crippen LogP) is 4.27. The van der Waals surface area contributed by atoms with Crippen LogP contribution in [0.5, 0.6) is 5.75 Å². The van der Waals surface area contributed by atoms with E-state index < -0.39 is 0 Å². The van der Waals surface area contributed by atoms with Gasteiger partial charge in [-0.05, 0) is 54.9 Å². The van der Waals surface area contributed by atoms with Crippen molar-refractivity contribution in [2.45, 2.75) is 46.5 Å². The highest BCUT2D eigenvalue weighted by Crippen LogP contribution is 2.25. The Morgan fingerprint density at radius 2 is 1.83 bits per heavy atom. The molecule has 4 heteroatoms. The van der Waals surface area contributed by atoms with Crippen molar-refractivity contribution in [1.29, 1.82) is 0 Å². The van der Waals surface area contributed by atoms with E-state index in [2.05, 4.69) is 20.8 Å². The number of hydrogen-bond donors (Lipinski definition) is 0. The van der Waals surface area contributed by atoms with Gasteiger partial charge in [0, 0.05) is 19.5 Å². The van der Waals surface area contributed by atoms with Crippen LogP contribution in [0, 0.1) is 17.2 Å². The topological polar surface area (TPSA) is 29.5 Å². The Kier molecular flexibility index (Phi) is 6.03. The molecule has 1 saturated heterocycles. The summed E-state index contributed by atoms with van der Waals surface area (Å²) in [6.07, 6.45) is 3.69. The summed E-state index contributed by atoms with van der Waals surface area (Å²) in [5.74, 6) is 1.35. The molecule has 0 spiro atoms. The first-order valence-corrected chi connectivity index (χ1v) is 8.50. The zero-order chi connectivity index (χ0) is 16.9. The zero-order valence-electron chi connectivity index (χ0n) is 14.5. The van der Waals surface area contributed by atoms with Crippen LogP contribution in [0.3, 0.4) is 0 Å². The molecule has 1 aromatic rings. The summed E-state index contributed by atoms with van der Waals surface area (Å²) in [4.78, 5) is 14.2. The minimum atomic E-state index is -0.246. The number of benzene rings is 1. The molecular weight excluding hydrogens is 293 g/mol. The van der Waals surface area contributed by atoms with E-state index in [-0.39, 0.29) is 17.1 Å². The average Bonchev–Trinajstić information content (AvgIpc) is 2.48. The molecule has 1 fully saturated rings. The van der Waals surface area contributed by atoms with Crippen LogP contribution in [-0.2, 0) is 4.79 Å². The fraction of sp³-hybridized carbons (Fsp3) is 0.632. The van der Waals surface area contributed by atoms with E-state index in [4.69, 9.17) is 4.74 Å². The number of ether oxygens (including phenoxy) is 1. The van der Waals surface area contributed by atoms with Crippen LogP contribution in [-0.4, -0.2) is 30.5 Å². The quantitative estimate of drug-likeness (QED) is 0.810. The van der Waals surface area contributed by atoms with Gasteiger partial charge in [-0.1, -0.05) is 20.8 Å². The lowest BCUT2D eigenvalue weighted by Crippen LogP contribution is -2.40. The van der Waals surface area contributed by atoms with E-state index in [1.54, 1.807) is 12.1 Å². The number of amides is 1. The van der Waals surface area contributed by atoms with Crippen LogP contribution in [0.15, 0.2) is 24.3 Å². The van der Waals surface area contributed by atoms with Crippen LogP contribution >= 0.6 is 0 Å². The molecule has 0 unspecified atom stereocenters. The smallest absolute Gasteiger partial charge is 0.223 e. The number of nitrogens with zero attached hydrogens (tertiary/aromatic N) is 1. The Hall–Kier alpha value is -1.58. The fourth-order valence-corrected chi connectivity index (χ4v) is 2.91. The maximum absolute atomic E-state index is 12.8. The lowest BCUT2D eigenvalue weighted by atomic mass is 9.89. The van der Waals surface area contributed by atoms with Gasteiger partial charge in [0.25, 0.3) is 0 Å². The highest BCUT2D eigenvalue weighted by Gasteiger charge is 2.25. The second-order valence-electron chi connectivity index (χ2n) is 7.65. The summed E-state index contributed by atoms with van der Waals surface area (Å²) in [7, 11) is 0. The van der Waals surface area contributed by atoms with Gasteiger partial charge in [0.15, 0.2) is 0 Å². The molecule has 1 heterocycles. The van der Waals surface area contributed by atoms with Gasteiger partial charge in [-0.15, -0.1) is 0 Å². The second kappa shape index (κ2) is 7.80. The van der Waals surface area contributed by atoms with E-state index in [1.165, 1.54) is 12.1 Å². The van der Waals surface area contributed by atoms with Crippen LogP contribution in [0.4, 0.5) is 4.39 Å². The molecule has 0 aromatic heterocycles. The average molecular weight is 321 g/mol. The van der Waals surface area contributed by atoms with Gasteiger partial charge in [0.1, 0.15) is 11.6 Å². The van der Waals surface area contributed by atoms with Crippen molar-refractivity contribution in [3.05, 3.63) is 30.1 Å². The summed E-state index contributed by atoms with van der Waals surface area (Å²) < 4.78 is 18.5. The highest BCUT2D eigenvalue weighted by molar-refractivity contribution is 5.76. The molecule has 0 bridgehead atoms. The summed E-state index contributed by atoms with van der Waals surface area (Å²) in [5.41, 5.74) is 0.0525. The Morgan fingerprint density at radius 1 is 1.22 bits per heavy atom. The standard InChI is InChI=1S/C19H28FNO2/c1-19(2,3)14-18(22)21-11-8-15(9-12-21)10-13-23-17-6-4-16(20)5-7-17/h4-7,15H,8-14H2,1-3H3. The van der Waals surface area contributed by atoms with Crippen LogP contribution in [0.25, 0.3) is 0 Å². The van der Waals surface area contributed by atoms with Crippen molar-refractivity contribution in [3.8, 4) is 5.75 Å². The molecule has 0 saturated carbocycles. The van der Waals surface area contributed by atoms with Crippen molar-refractivity contribution >= 4 is 5.91 Å². The summed E-state index contributed by atoms with van der Waals surface area (Å²) in [5, 5.41) is 0. The van der Waals surface area contributed by atoms with Crippen molar-refractivity contribution in [2.75, 3.05) is 19.7 Å². The van der Waals surface area contributed by atoms with Gasteiger partial charge in [0.2, 0.25) is 5.91 Å². The normalized spacial score (nSPS) is 16.4. The Morgan fingerprint density at radius 3 is 2.39 bits per heavy atom. The minimum absolute atomic E-state index is 0.0525. The van der Waals surface area contributed by atoms with Crippen LogP contribution < -0.4 is 4.74 Å². The van der Waals surface area contributed by atoms with E-state index in [0.717, 1.165) is 32.4 Å². The van der Waals surface area contributed by atoms with Crippen molar-refractivity contribution in [1.82, 2.24) is 4.90 Å². The lowest BCUT2D eigenvalue weighted by Gasteiger charge is -2.33. The number of hydrogen-bond acceptors (Lipinski definition) is 2. The Labute approximate surface area is 138 Å². The molecule has 23 heavy (non-hydrogen) atoms. The number of rotatable bonds is 5. The van der Waals surface area contributed by atoms with Crippen molar-refractivity contribution < 1.29 is 13.9 Å². The highest BCUT2D eigenvalue weighted by atomic mass is 19.1. The van der Waals surface area contributed by atoms with Crippen LogP contribution in [0.1, 0.15) is 46.5 Å². The Balaban J connectivity index is 1.66. The van der Waals surface area contributed by atoms with Gasteiger partial charge in [-0.3, -0.25) is 4.79 Å². The van der Waals surface area contributed by atoms with Gasteiger partial charge in [-0.2, -0.15) is 0 Å². The minimum Gasteiger partial charge on any atom is -0.494 e. The summed E-state index contributed by atoms with van der Waals surface area (Å²) >= 11 is 0. The number of halogens is 1. The van der Waals surface area contributed by atoms with Gasteiger partial charge >= 0.3 is 0 Å². The van der Waals surface area contributed by atoms with Crippen LogP contribution in [0.2, 0.25) is 0 Å². The monoisotopic (exact) mass is 321 g/mol. The number of carbonyl (C=O) groups excluding carboxylic acids is 1. The molecule has 128 valence electrons. The predicted molar refractivity (Wildman–Crippen MR) is 89.9 cm³/mol. The molecule has 0 N–H and O–H groups in total. The molecular formula is C19H28FNO2. The molecule has 1 aromatic carbocycles. The number of piperidine rings is 1. The fourth-order valence-electron chi connectivity index (χ4n) is 2.91. The molecule has 1 amide bonds. The summed E-state index contributed by atoms with van der Waals surface area (Å²) in [6, 6.07) is 6.13. The maximum Gasteiger partial charge on any atom is 0.223 e.